The lowest BCUT2D eigenvalue weighted by Gasteiger charge is -2.21. The van der Waals surface area contributed by atoms with Crippen LogP contribution in [0.1, 0.15) is 24.2 Å². The second-order valence-electron chi connectivity index (χ2n) is 8.74. The molecule has 8 heteroatoms. The van der Waals surface area contributed by atoms with Crippen LogP contribution in [0.5, 0.6) is 5.88 Å². The Morgan fingerprint density at radius 3 is 2.49 bits per heavy atom. The number of rotatable bonds is 6. The minimum Gasteiger partial charge on any atom is -0.480 e. The first kappa shape index (κ1) is 24.0. The number of anilines is 2. The fraction of sp³-hybridized carbons (Fsp3) is 0.172. The van der Waals surface area contributed by atoms with Crippen LogP contribution in [0.3, 0.4) is 0 Å². The molecule has 0 saturated heterocycles. The summed E-state index contributed by atoms with van der Waals surface area (Å²) in [6.07, 6.45) is 1.69. The minimum atomic E-state index is -0.374. The molecule has 0 amide bonds. The molecule has 2 heterocycles. The van der Waals surface area contributed by atoms with E-state index in [9.17, 15) is 4.79 Å². The van der Waals surface area contributed by atoms with E-state index in [1.54, 1.807) is 25.4 Å². The molecule has 1 aromatic heterocycles. The lowest BCUT2D eigenvalue weighted by atomic mass is 10.1. The Kier molecular flexibility index (Phi) is 6.55. The normalized spacial score (nSPS) is 11.8. The first-order valence-electron chi connectivity index (χ1n) is 11.9. The molecule has 8 nitrogen and oxygen atoms in total. The molecule has 0 radical (unpaired) electrons. The Bertz CT molecular complexity index is 1620. The highest BCUT2D eigenvalue weighted by Gasteiger charge is 2.18. The van der Waals surface area contributed by atoms with Crippen molar-refractivity contribution in [2.24, 2.45) is 4.99 Å². The van der Waals surface area contributed by atoms with Gasteiger partial charge in [0.1, 0.15) is 5.69 Å². The smallest absolute Gasteiger partial charge is 0.337 e. The fourth-order valence-electron chi connectivity index (χ4n) is 4.26. The summed E-state index contributed by atoms with van der Waals surface area (Å²) in [6, 6.07) is 23.2. The van der Waals surface area contributed by atoms with Gasteiger partial charge in [0.05, 0.1) is 53.2 Å². The van der Waals surface area contributed by atoms with Gasteiger partial charge in [-0.05, 0) is 74.5 Å². The van der Waals surface area contributed by atoms with Crippen molar-refractivity contribution in [1.29, 1.82) is 0 Å². The van der Waals surface area contributed by atoms with E-state index < -0.39 is 0 Å². The van der Waals surface area contributed by atoms with Crippen molar-refractivity contribution in [3.05, 3.63) is 89.9 Å². The number of nitrogens with zero attached hydrogens (tertiary/aromatic N) is 4. The maximum atomic E-state index is 12.0. The predicted octanol–water partition coefficient (Wildman–Crippen LogP) is 5.37. The third-order valence-corrected chi connectivity index (χ3v) is 5.88. The number of methoxy groups -OCH3 is 2. The molecule has 0 atom stereocenters. The molecular formula is C29H27N5O3. The number of hydrogen-bond donors (Lipinski definition) is 1. The van der Waals surface area contributed by atoms with Gasteiger partial charge in [0, 0.05) is 17.9 Å². The number of hydrogen-bond acceptors (Lipinski definition) is 7. The van der Waals surface area contributed by atoms with Crippen LogP contribution in [0.25, 0.3) is 28.1 Å². The maximum Gasteiger partial charge on any atom is 0.337 e. The van der Waals surface area contributed by atoms with Crippen molar-refractivity contribution in [3.63, 3.8) is 0 Å². The molecule has 0 fully saturated rings. The molecule has 3 aromatic rings. The highest BCUT2D eigenvalue weighted by Crippen LogP contribution is 2.31. The summed E-state index contributed by atoms with van der Waals surface area (Å²) in [4.78, 5) is 26.2. The zero-order valence-corrected chi connectivity index (χ0v) is 21.1. The van der Waals surface area contributed by atoms with Gasteiger partial charge in [-0.15, -0.1) is 0 Å². The summed E-state index contributed by atoms with van der Waals surface area (Å²) in [6.45, 7) is 4.08. The van der Waals surface area contributed by atoms with E-state index in [4.69, 9.17) is 19.5 Å². The molecule has 0 saturated carbocycles. The molecule has 0 bridgehead atoms. The topological polar surface area (TPSA) is 90.6 Å². The van der Waals surface area contributed by atoms with Gasteiger partial charge in [0.15, 0.2) is 0 Å². The van der Waals surface area contributed by atoms with Gasteiger partial charge in [0.2, 0.25) is 5.88 Å². The van der Waals surface area contributed by atoms with Crippen LogP contribution in [0, 0.1) is 0 Å². The van der Waals surface area contributed by atoms with Crippen molar-refractivity contribution in [2.45, 2.75) is 19.9 Å². The number of ether oxygens (including phenoxy) is 2. The van der Waals surface area contributed by atoms with Crippen LogP contribution in [-0.4, -0.2) is 40.8 Å². The lowest BCUT2D eigenvalue weighted by Crippen LogP contribution is -2.17. The zero-order valence-electron chi connectivity index (χ0n) is 21.1. The van der Waals surface area contributed by atoms with Crippen LogP contribution in [-0.2, 0) is 4.74 Å². The Morgan fingerprint density at radius 2 is 1.76 bits per heavy atom. The van der Waals surface area contributed by atoms with E-state index in [2.05, 4.69) is 14.9 Å². The molecule has 2 aromatic carbocycles. The van der Waals surface area contributed by atoms with Crippen LogP contribution in [0.15, 0.2) is 84.0 Å². The number of fused-ring (bicyclic) bond motifs is 2. The minimum absolute atomic E-state index is 0.0648. The average molecular weight is 494 g/mol. The summed E-state index contributed by atoms with van der Waals surface area (Å²) in [5.74, 6) is 0.117. The molecule has 37 heavy (non-hydrogen) atoms. The molecular weight excluding hydrogens is 466 g/mol. The van der Waals surface area contributed by atoms with Crippen LogP contribution in [0.2, 0.25) is 0 Å². The molecule has 2 aliphatic rings. The van der Waals surface area contributed by atoms with Gasteiger partial charge < -0.3 is 19.4 Å². The summed E-state index contributed by atoms with van der Waals surface area (Å²) in [7, 11) is 2.97. The number of nitrogens with one attached hydrogen (secondary N) is 1. The first-order chi connectivity index (χ1) is 18.0. The van der Waals surface area contributed by atoms with Crippen molar-refractivity contribution < 1.29 is 14.3 Å². The Balaban J connectivity index is 1.77. The first-order valence-corrected chi connectivity index (χ1v) is 11.9. The quantitative estimate of drug-likeness (QED) is 0.253. The van der Waals surface area contributed by atoms with Gasteiger partial charge in [0.25, 0.3) is 0 Å². The zero-order chi connectivity index (χ0) is 25.9. The van der Waals surface area contributed by atoms with E-state index in [1.165, 1.54) is 7.11 Å². The van der Waals surface area contributed by atoms with E-state index in [0.717, 1.165) is 44.8 Å². The monoisotopic (exact) mass is 493 g/mol. The molecule has 1 N–H and O–H groups in total. The number of para-hydroxylation sites is 2. The van der Waals surface area contributed by atoms with Crippen molar-refractivity contribution in [3.8, 4) is 23.0 Å². The number of carbonyl (C=O) groups excluding carboxylic acids is 1. The second kappa shape index (κ2) is 10.1. The molecule has 5 rings (SSSR count). The summed E-state index contributed by atoms with van der Waals surface area (Å²) in [5, 5.41) is 4.22. The van der Waals surface area contributed by atoms with Crippen molar-refractivity contribution in [2.75, 3.05) is 19.5 Å². The highest BCUT2D eigenvalue weighted by atomic mass is 16.5. The molecule has 1 aliphatic carbocycles. The molecule has 0 unspecified atom stereocenters. The Labute approximate surface area is 214 Å². The van der Waals surface area contributed by atoms with Gasteiger partial charge in [-0.2, -0.15) is 0 Å². The maximum absolute atomic E-state index is 12.0. The van der Waals surface area contributed by atoms with E-state index in [1.807, 2.05) is 74.5 Å². The van der Waals surface area contributed by atoms with Gasteiger partial charge in [-0.3, -0.25) is 4.99 Å². The summed E-state index contributed by atoms with van der Waals surface area (Å²) in [5.41, 5.74) is 6.34. The third kappa shape index (κ3) is 4.73. The largest absolute Gasteiger partial charge is 0.480 e. The molecule has 186 valence electrons. The third-order valence-electron chi connectivity index (χ3n) is 5.88. The average Bonchev–Trinajstić information content (AvgIpc) is 2.92. The van der Waals surface area contributed by atoms with Gasteiger partial charge in [-0.25, -0.2) is 14.8 Å². The molecule has 0 spiro atoms. The van der Waals surface area contributed by atoms with Crippen LogP contribution < -0.4 is 15.4 Å². The van der Waals surface area contributed by atoms with Crippen LogP contribution in [0.4, 0.5) is 11.4 Å². The van der Waals surface area contributed by atoms with Crippen molar-refractivity contribution in [1.82, 2.24) is 14.5 Å². The van der Waals surface area contributed by atoms with E-state index in [-0.39, 0.29) is 12.0 Å². The van der Waals surface area contributed by atoms with Crippen LogP contribution >= 0.6 is 0 Å². The van der Waals surface area contributed by atoms with Gasteiger partial charge >= 0.3 is 5.97 Å². The summed E-state index contributed by atoms with van der Waals surface area (Å²) >= 11 is 0. The SMILES string of the molecule is COC(=O)c1ccc(-n2c3c/c(=N\C(C)C)c(Nc4cccnc4OC)cc-3nc3ccccc32)cc1. The predicted molar refractivity (Wildman–Crippen MR) is 144 cm³/mol. The standard InChI is InChI=1S/C29H27N5O3/c1-18(2)31-24-17-27-25(16-23(24)33-22-9-7-15-30-28(22)36-3)32-21-8-5-6-10-26(21)34(27)20-13-11-19(12-14-20)29(35)37-4/h5-18,33H,1-4H3/b31-24+. The number of esters is 1. The van der Waals surface area contributed by atoms with Gasteiger partial charge in [-0.1, -0.05) is 12.1 Å². The lowest BCUT2D eigenvalue weighted by molar-refractivity contribution is 0.0600. The van der Waals surface area contributed by atoms with E-state index >= 15 is 0 Å². The number of benzene rings is 3. The summed E-state index contributed by atoms with van der Waals surface area (Å²) < 4.78 is 12.4. The fourth-order valence-corrected chi connectivity index (χ4v) is 4.26. The van der Waals surface area contributed by atoms with Crippen molar-refractivity contribution >= 4 is 28.4 Å². The Hall–Kier alpha value is -4.72. The second-order valence-corrected chi connectivity index (χ2v) is 8.74. The van der Waals surface area contributed by atoms with E-state index in [0.29, 0.717) is 11.4 Å². The number of carbonyl (C=O) groups is 1. The number of pyridine rings is 1. The molecule has 1 aliphatic heterocycles. The number of aromatic nitrogens is 3. The highest BCUT2D eigenvalue weighted by molar-refractivity contribution is 5.90. The Morgan fingerprint density at radius 1 is 0.973 bits per heavy atom.